The van der Waals surface area contributed by atoms with Gasteiger partial charge >= 0.3 is 0 Å². The first-order chi connectivity index (χ1) is 16.2. The average Bonchev–Trinajstić information content (AvgIpc) is 3.35. The lowest BCUT2D eigenvalue weighted by atomic mass is 9.79. The quantitative estimate of drug-likeness (QED) is 0.237. The molecule has 0 amide bonds. The second kappa shape index (κ2) is 7.66. The van der Waals surface area contributed by atoms with Crippen LogP contribution < -0.4 is 0 Å². The second-order valence-electron chi connectivity index (χ2n) is 11.2. The van der Waals surface area contributed by atoms with Crippen molar-refractivity contribution in [1.29, 1.82) is 0 Å². The Hall–Kier alpha value is -2.68. The molecule has 0 aliphatic heterocycles. The van der Waals surface area contributed by atoms with Crippen LogP contribution in [0.15, 0.2) is 78.9 Å². The molecule has 2 heteroatoms. The van der Waals surface area contributed by atoms with Crippen LogP contribution in [-0.4, -0.2) is 0 Å². The van der Waals surface area contributed by atoms with E-state index in [1.54, 1.807) is 0 Å². The maximum absolute atomic E-state index is 2.44. The first-order valence-electron chi connectivity index (χ1n) is 12.1. The molecule has 6 aromatic rings. The molecular weight excluding hydrogens is 448 g/mol. The van der Waals surface area contributed by atoms with Gasteiger partial charge in [-0.15, -0.1) is 22.7 Å². The van der Waals surface area contributed by atoms with E-state index in [1.807, 2.05) is 22.7 Å². The van der Waals surface area contributed by atoms with Crippen LogP contribution in [-0.2, 0) is 17.3 Å². The molecule has 0 bridgehead atoms. The molecule has 0 nitrogen and oxygen atoms in total. The fraction of sp³-hybridized carbons (Fsp3) is 0.250. The van der Waals surface area contributed by atoms with Gasteiger partial charge < -0.3 is 0 Å². The van der Waals surface area contributed by atoms with Crippen LogP contribution in [0.1, 0.15) is 51.3 Å². The van der Waals surface area contributed by atoms with Crippen molar-refractivity contribution in [2.24, 2.45) is 0 Å². The maximum atomic E-state index is 2.44. The summed E-state index contributed by atoms with van der Waals surface area (Å²) in [5.41, 5.74) is 4.49. The fourth-order valence-corrected chi connectivity index (χ4v) is 7.94. The summed E-state index contributed by atoms with van der Waals surface area (Å²) in [5, 5.41) is 5.53. The minimum absolute atomic E-state index is 0.0608. The van der Waals surface area contributed by atoms with E-state index >= 15 is 0 Å². The smallest absolute Gasteiger partial charge is 0.0392 e. The molecule has 0 saturated heterocycles. The Kier molecular flexibility index (Phi) is 4.92. The van der Waals surface area contributed by atoms with E-state index < -0.39 is 0 Å². The van der Waals surface area contributed by atoms with Crippen LogP contribution in [0.4, 0.5) is 0 Å². The summed E-state index contributed by atoms with van der Waals surface area (Å²) >= 11 is 3.86. The lowest BCUT2D eigenvalue weighted by Crippen LogP contribution is -2.20. The molecule has 34 heavy (non-hydrogen) atoms. The zero-order chi connectivity index (χ0) is 23.7. The minimum atomic E-state index is 0.0608. The summed E-state index contributed by atoms with van der Waals surface area (Å²) in [5.74, 6) is 0. The second-order valence-corrected chi connectivity index (χ2v) is 13.4. The monoisotopic (exact) mass is 478 g/mol. The Morgan fingerprint density at radius 1 is 0.588 bits per heavy atom. The lowest BCUT2D eigenvalue weighted by Gasteiger charge is -2.25. The zero-order valence-corrected chi connectivity index (χ0v) is 22.2. The first-order valence-corrected chi connectivity index (χ1v) is 13.7. The molecule has 0 radical (unpaired) electrons. The average molecular weight is 479 g/mol. The van der Waals surface area contributed by atoms with Gasteiger partial charge in [0.2, 0.25) is 0 Å². The fourth-order valence-electron chi connectivity index (χ4n) is 5.30. The number of hydrogen-bond donors (Lipinski definition) is 0. The Bertz CT molecular complexity index is 1690. The van der Waals surface area contributed by atoms with Crippen LogP contribution in [0.3, 0.4) is 0 Å². The molecular formula is C32H30S2. The Morgan fingerprint density at radius 3 is 2.09 bits per heavy atom. The highest BCUT2D eigenvalue weighted by Gasteiger charge is 2.23. The van der Waals surface area contributed by atoms with Crippen molar-refractivity contribution in [3.05, 3.63) is 95.6 Å². The molecule has 0 saturated carbocycles. The van der Waals surface area contributed by atoms with Crippen LogP contribution in [0.5, 0.6) is 0 Å². The van der Waals surface area contributed by atoms with E-state index in [2.05, 4.69) is 113 Å². The van der Waals surface area contributed by atoms with Crippen LogP contribution >= 0.6 is 22.7 Å². The van der Waals surface area contributed by atoms with Gasteiger partial charge in [-0.25, -0.2) is 0 Å². The third-order valence-corrected chi connectivity index (χ3v) is 9.51. The van der Waals surface area contributed by atoms with Crippen LogP contribution in [0.2, 0.25) is 0 Å². The van der Waals surface area contributed by atoms with Gasteiger partial charge in [-0.05, 0) is 52.1 Å². The topological polar surface area (TPSA) is 0 Å². The summed E-state index contributed by atoms with van der Waals surface area (Å²) in [4.78, 5) is 0. The Balaban J connectivity index is 1.39. The van der Waals surface area contributed by atoms with Crippen LogP contribution in [0, 0.1) is 0 Å². The van der Waals surface area contributed by atoms with Gasteiger partial charge in [0.15, 0.2) is 0 Å². The minimum Gasteiger partial charge on any atom is -0.135 e. The van der Waals surface area contributed by atoms with Crippen molar-refractivity contribution >= 4 is 63.0 Å². The largest absolute Gasteiger partial charge is 0.135 e. The van der Waals surface area contributed by atoms with Gasteiger partial charge in [-0.1, -0.05) is 95.3 Å². The van der Waals surface area contributed by atoms with Gasteiger partial charge in [0.05, 0.1) is 0 Å². The third kappa shape index (κ3) is 3.56. The van der Waals surface area contributed by atoms with Crippen molar-refractivity contribution in [3.63, 3.8) is 0 Å². The molecule has 2 aromatic heterocycles. The maximum Gasteiger partial charge on any atom is 0.0392 e. The van der Waals surface area contributed by atoms with E-state index in [-0.39, 0.29) is 10.8 Å². The third-order valence-electron chi connectivity index (χ3n) is 7.18. The van der Waals surface area contributed by atoms with Crippen molar-refractivity contribution in [2.45, 2.75) is 51.9 Å². The SMILES string of the molecule is CC(C)(C)c1cccc2c1sc1cc(CC(C)(C)c3ccc4c(c3)sc3ccccc34)ccc12. The van der Waals surface area contributed by atoms with Crippen molar-refractivity contribution in [3.8, 4) is 0 Å². The predicted octanol–water partition coefficient (Wildman–Crippen LogP) is 10.2. The van der Waals surface area contributed by atoms with Gasteiger partial charge in [0, 0.05) is 40.3 Å². The number of fused-ring (bicyclic) bond motifs is 6. The first kappa shape index (κ1) is 21.8. The van der Waals surface area contributed by atoms with Crippen molar-refractivity contribution in [1.82, 2.24) is 0 Å². The van der Waals surface area contributed by atoms with Crippen molar-refractivity contribution in [2.75, 3.05) is 0 Å². The van der Waals surface area contributed by atoms with E-state index in [0.717, 1.165) is 6.42 Å². The molecule has 0 N–H and O–H groups in total. The molecule has 0 aliphatic carbocycles. The van der Waals surface area contributed by atoms with E-state index in [4.69, 9.17) is 0 Å². The van der Waals surface area contributed by atoms with E-state index in [1.165, 1.54) is 57.0 Å². The van der Waals surface area contributed by atoms with Crippen molar-refractivity contribution < 1.29 is 0 Å². The number of benzene rings is 4. The molecule has 170 valence electrons. The normalized spacial score (nSPS) is 13.0. The number of thiophene rings is 2. The summed E-state index contributed by atoms with van der Waals surface area (Å²) in [7, 11) is 0. The van der Waals surface area contributed by atoms with E-state index in [9.17, 15) is 0 Å². The van der Waals surface area contributed by atoms with Gasteiger partial charge in [0.1, 0.15) is 0 Å². The molecule has 0 aliphatic rings. The molecule has 0 unspecified atom stereocenters. The summed E-state index contributed by atoms with van der Waals surface area (Å²) in [6, 6.07) is 29.8. The molecule has 0 atom stereocenters. The summed E-state index contributed by atoms with van der Waals surface area (Å²) in [6.07, 6.45) is 1.03. The summed E-state index contributed by atoms with van der Waals surface area (Å²) in [6.45, 7) is 11.7. The highest BCUT2D eigenvalue weighted by Crippen LogP contribution is 2.41. The summed E-state index contributed by atoms with van der Waals surface area (Å²) < 4.78 is 5.61. The molecule has 0 spiro atoms. The lowest BCUT2D eigenvalue weighted by molar-refractivity contribution is 0.523. The number of rotatable bonds is 3. The van der Waals surface area contributed by atoms with E-state index in [0.29, 0.717) is 0 Å². The van der Waals surface area contributed by atoms with Gasteiger partial charge in [-0.2, -0.15) is 0 Å². The molecule has 0 fully saturated rings. The molecule has 6 rings (SSSR count). The molecule has 2 heterocycles. The zero-order valence-electron chi connectivity index (χ0n) is 20.5. The Morgan fingerprint density at radius 2 is 1.26 bits per heavy atom. The highest BCUT2D eigenvalue weighted by atomic mass is 32.1. The standard InChI is InChI=1S/C32H30S2/c1-31(2,3)26-11-8-10-25-24-15-13-20(17-28(24)34-30(25)26)19-32(4,5)21-14-16-23-22-9-6-7-12-27(22)33-29(23)18-21/h6-18H,19H2,1-5H3. The van der Waals surface area contributed by atoms with Gasteiger partial charge in [0.25, 0.3) is 0 Å². The number of hydrogen-bond acceptors (Lipinski definition) is 2. The predicted molar refractivity (Wildman–Crippen MR) is 154 cm³/mol. The highest BCUT2D eigenvalue weighted by molar-refractivity contribution is 7.26. The molecule has 4 aromatic carbocycles. The van der Waals surface area contributed by atoms with Gasteiger partial charge in [-0.3, -0.25) is 0 Å². The Labute approximate surface area is 209 Å². The van der Waals surface area contributed by atoms with Crippen LogP contribution in [0.25, 0.3) is 40.3 Å².